The molecule has 2 N–H and O–H groups in total. The monoisotopic (exact) mass is 377 g/mol. The van der Waals surface area contributed by atoms with Crippen molar-refractivity contribution in [1.29, 1.82) is 0 Å². The number of hydrazine groups is 1. The molecule has 0 aliphatic heterocycles. The number of aromatic nitrogens is 1. The van der Waals surface area contributed by atoms with Crippen LogP contribution in [0, 0.1) is 0 Å². The van der Waals surface area contributed by atoms with E-state index in [1.165, 1.54) is 24.3 Å². The standard InChI is InChI=1S/C14H8Cl2F3N3O2/c15-9-3-1-7(2-4-9)12(23)21-22-13(24)11-10(16)5-8(6-20-11)14(17,18)19/h1-6H,(H,21,23)(H,22,24). The number of hydrogen-bond donors (Lipinski definition) is 2. The average molecular weight is 378 g/mol. The second-order valence-corrected chi connectivity index (χ2v) is 5.31. The molecule has 1 aromatic heterocycles. The molecule has 2 rings (SSSR count). The Kier molecular flexibility index (Phi) is 5.30. The molecule has 0 saturated carbocycles. The predicted molar refractivity (Wildman–Crippen MR) is 80.6 cm³/mol. The van der Waals surface area contributed by atoms with Crippen molar-refractivity contribution >= 4 is 35.0 Å². The maximum Gasteiger partial charge on any atom is 0.417 e. The van der Waals surface area contributed by atoms with Crippen LogP contribution in [0.3, 0.4) is 0 Å². The first-order valence-corrected chi connectivity index (χ1v) is 7.03. The van der Waals surface area contributed by atoms with Gasteiger partial charge in [0.1, 0.15) is 5.69 Å². The molecule has 126 valence electrons. The zero-order valence-corrected chi connectivity index (χ0v) is 13.1. The van der Waals surface area contributed by atoms with Gasteiger partial charge in [0.05, 0.1) is 10.6 Å². The largest absolute Gasteiger partial charge is 0.417 e. The van der Waals surface area contributed by atoms with Gasteiger partial charge in [0, 0.05) is 16.8 Å². The molecule has 0 aliphatic rings. The summed E-state index contributed by atoms with van der Waals surface area (Å²) in [5, 5.41) is -0.0700. The fourth-order valence-electron chi connectivity index (χ4n) is 1.61. The summed E-state index contributed by atoms with van der Waals surface area (Å²) in [5.41, 5.74) is 2.77. The lowest BCUT2D eigenvalue weighted by molar-refractivity contribution is -0.137. The topological polar surface area (TPSA) is 71.1 Å². The van der Waals surface area contributed by atoms with E-state index in [0.29, 0.717) is 17.3 Å². The molecular weight excluding hydrogens is 370 g/mol. The number of rotatable bonds is 2. The van der Waals surface area contributed by atoms with Crippen LogP contribution in [0.25, 0.3) is 0 Å². The minimum Gasteiger partial charge on any atom is -0.267 e. The van der Waals surface area contributed by atoms with Crippen LogP contribution in [0.1, 0.15) is 26.4 Å². The number of carbonyl (C=O) groups excluding carboxylic acids is 2. The van der Waals surface area contributed by atoms with Gasteiger partial charge in [-0.25, -0.2) is 4.98 Å². The first-order valence-electron chi connectivity index (χ1n) is 6.27. The molecule has 1 aromatic carbocycles. The highest BCUT2D eigenvalue weighted by atomic mass is 35.5. The van der Waals surface area contributed by atoms with Gasteiger partial charge in [0.2, 0.25) is 0 Å². The zero-order chi connectivity index (χ0) is 17.9. The molecule has 24 heavy (non-hydrogen) atoms. The first-order chi connectivity index (χ1) is 11.2. The van der Waals surface area contributed by atoms with Crippen molar-refractivity contribution in [2.75, 3.05) is 0 Å². The number of nitrogens with one attached hydrogen (secondary N) is 2. The van der Waals surface area contributed by atoms with E-state index < -0.39 is 34.3 Å². The molecule has 0 aliphatic carbocycles. The summed E-state index contributed by atoms with van der Waals surface area (Å²) in [6, 6.07) is 6.38. The minimum absolute atomic E-state index is 0.214. The van der Waals surface area contributed by atoms with Crippen LogP contribution in [-0.2, 0) is 6.18 Å². The number of carbonyl (C=O) groups is 2. The molecule has 0 spiro atoms. The summed E-state index contributed by atoms with van der Waals surface area (Å²) >= 11 is 11.3. The van der Waals surface area contributed by atoms with E-state index in [0.717, 1.165) is 0 Å². The molecule has 2 aromatic rings. The van der Waals surface area contributed by atoms with Gasteiger partial charge < -0.3 is 0 Å². The summed E-state index contributed by atoms with van der Waals surface area (Å²) in [6.45, 7) is 0. The SMILES string of the molecule is O=C(NNC(=O)c1ncc(C(F)(F)F)cc1Cl)c1ccc(Cl)cc1. The number of halogens is 5. The quantitative estimate of drug-likeness (QED) is 0.787. The summed E-state index contributed by atoms with van der Waals surface area (Å²) in [6.07, 6.45) is -4.16. The van der Waals surface area contributed by atoms with E-state index in [4.69, 9.17) is 23.2 Å². The molecule has 0 atom stereocenters. The van der Waals surface area contributed by atoms with E-state index in [9.17, 15) is 22.8 Å². The van der Waals surface area contributed by atoms with Gasteiger partial charge in [-0.2, -0.15) is 13.2 Å². The molecule has 5 nitrogen and oxygen atoms in total. The fourth-order valence-corrected chi connectivity index (χ4v) is 1.98. The number of nitrogens with zero attached hydrogens (tertiary/aromatic N) is 1. The second kappa shape index (κ2) is 7.06. The summed E-state index contributed by atoms with van der Waals surface area (Å²) < 4.78 is 37.5. The third kappa shape index (κ3) is 4.36. The van der Waals surface area contributed by atoms with Gasteiger partial charge in [0.15, 0.2) is 0 Å². The lowest BCUT2D eigenvalue weighted by atomic mass is 10.2. The van der Waals surface area contributed by atoms with Gasteiger partial charge >= 0.3 is 6.18 Å². The Morgan fingerprint density at radius 2 is 1.58 bits per heavy atom. The number of pyridine rings is 1. The maximum absolute atomic E-state index is 12.5. The maximum atomic E-state index is 12.5. The van der Waals surface area contributed by atoms with Crippen molar-refractivity contribution in [3.63, 3.8) is 0 Å². The molecule has 10 heteroatoms. The number of hydrogen-bond acceptors (Lipinski definition) is 3. The van der Waals surface area contributed by atoms with Gasteiger partial charge in [-0.3, -0.25) is 20.4 Å². The van der Waals surface area contributed by atoms with Gasteiger partial charge in [0.25, 0.3) is 11.8 Å². The first kappa shape index (κ1) is 18.0. The van der Waals surface area contributed by atoms with Crippen molar-refractivity contribution in [3.05, 3.63) is 63.4 Å². The van der Waals surface area contributed by atoms with Crippen molar-refractivity contribution in [1.82, 2.24) is 15.8 Å². The Bertz CT molecular complexity index is 780. The van der Waals surface area contributed by atoms with Crippen LogP contribution in [-0.4, -0.2) is 16.8 Å². The van der Waals surface area contributed by atoms with Crippen LogP contribution in [0.5, 0.6) is 0 Å². The Balaban J connectivity index is 2.05. The van der Waals surface area contributed by atoms with Crippen molar-refractivity contribution in [3.8, 4) is 0 Å². The molecule has 0 unspecified atom stereocenters. The van der Waals surface area contributed by atoms with Crippen molar-refractivity contribution in [2.24, 2.45) is 0 Å². The predicted octanol–water partition coefficient (Wildman–Crippen LogP) is 3.48. The Morgan fingerprint density at radius 1 is 1.00 bits per heavy atom. The van der Waals surface area contributed by atoms with E-state index >= 15 is 0 Å². The summed E-state index contributed by atoms with van der Waals surface area (Å²) in [4.78, 5) is 27.0. The van der Waals surface area contributed by atoms with E-state index in [1.807, 2.05) is 5.43 Å². The minimum atomic E-state index is -4.63. The Hall–Kier alpha value is -2.32. The Labute approximate surface area is 143 Å². The third-order valence-corrected chi connectivity index (χ3v) is 3.32. The van der Waals surface area contributed by atoms with Crippen LogP contribution in [0.15, 0.2) is 36.5 Å². The van der Waals surface area contributed by atoms with Crippen LogP contribution < -0.4 is 10.9 Å². The van der Waals surface area contributed by atoms with Crippen LogP contribution >= 0.6 is 23.2 Å². The van der Waals surface area contributed by atoms with E-state index in [2.05, 4.69) is 10.4 Å². The van der Waals surface area contributed by atoms with Gasteiger partial charge in [-0.05, 0) is 30.3 Å². The number of benzene rings is 1. The van der Waals surface area contributed by atoms with Crippen molar-refractivity contribution < 1.29 is 22.8 Å². The molecule has 0 bridgehead atoms. The van der Waals surface area contributed by atoms with Crippen molar-refractivity contribution in [2.45, 2.75) is 6.18 Å². The normalized spacial score (nSPS) is 11.0. The Morgan fingerprint density at radius 3 is 2.12 bits per heavy atom. The molecule has 1 heterocycles. The number of amides is 2. The molecule has 2 amide bonds. The molecule has 0 saturated heterocycles. The van der Waals surface area contributed by atoms with Crippen LogP contribution in [0.2, 0.25) is 10.0 Å². The number of alkyl halides is 3. The van der Waals surface area contributed by atoms with Gasteiger partial charge in [-0.1, -0.05) is 23.2 Å². The average Bonchev–Trinajstić information content (AvgIpc) is 2.52. The van der Waals surface area contributed by atoms with Crippen LogP contribution in [0.4, 0.5) is 13.2 Å². The highest BCUT2D eigenvalue weighted by Crippen LogP contribution is 2.30. The highest BCUT2D eigenvalue weighted by Gasteiger charge is 2.32. The smallest absolute Gasteiger partial charge is 0.267 e. The highest BCUT2D eigenvalue weighted by molar-refractivity contribution is 6.33. The lowest BCUT2D eigenvalue weighted by Gasteiger charge is -2.10. The fraction of sp³-hybridized carbons (Fsp3) is 0.0714. The second-order valence-electron chi connectivity index (χ2n) is 4.47. The zero-order valence-electron chi connectivity index (χ0n) is 11.6. The molecular formula is C14H8Cl2F3N3O2. The summed E-state index contributed by atoms with van der Waals surface area (Å²) in [5.74, 6) is -1.61. The summed E-state index contributed by atoms with van der Waals surface area (Å²) in [7, 11) is 0. The third-order valence-electron chi connectivity index (χ3n) is 2.78. The van der Waals surface area contributed by atoms with E-state index in [-0.39, 0.29) is 5.56 Å². The van der Waals surface area contributed by atoms with E-state index in [1.54, 1.807) is 0 Å². The lowest BCUT2D eigenvalue weighted by Crippen LogP contribution is -2.42. The molecule has 0 radical (unpaired) electrons. The molecule has 0 fully saturated rings. The van der Waals surface area contributed by atoms with Gasteiger partial charge in [-0.15, -0.1) is 0 Å².